The summed E-state index contributed by atoms with van der Waals surface area (Å²) in [5, 5.41) is 2.68. The second-order valence-corrected chi connectivity index (χ2v) is 4.89. The number of hydrogen-bond acceptors (Lipinski definition) is 3. The van der Waals surface area contributed by atoms with E-state index in [1.807, 2.05) is 24.3 Å². The number of furan rings is 1. The van der Waals surface area contributed by atoms with Crippen LogP contribution in [0.15, 0.2) is 62.2 Å². The topological polar surface area (TPSA) is 54.6 Å². The first kappa shape index (κ1) is 11.9. The molecule has 0 atom stereocenters. The molecule has 0 bridgehead atoms. The maximum atomic E-state index is 11.8. The lowest BCUT2D eigenvalue weighted by Gasteiger charge is -1.95. The lowest BCUT2D eigenvalue weighted by Crippen LogP contribution is -2.24. The third kappa shape index (κ3) is 2.51. The molecule has 0 saturated heterocycles. The van der Waals surface area contributed by atoms with E-state index in [9.17, 15) is 4.79 Å². The van der Waals surface area contributed by atoms with Gasteiger partial charge in [0.1, 0.15) is 5.70 Å². The lowest BCUT2D eigenvalue weighted by molar-refractivity contribution is -0.115. The summed E-state index contributed by atoms with van der Waals surface area (Å²) in [6.07, 6.45) is 3.27. The van der Waals surface area contributed by atoms with Gasteiger partial charge in [-0.3, -0.25) is 4.79 Å². The first-order valence-corrected chi connectivity index (χ1v) is 6.43. The normalized spacial score (nSPS) is 16.6. The molecule has 1 aromatic carbocycles. The number of nitrogens with zero attached hydrogens (tertiary/aromatic N) is 1. The molecule has 4 nitrogen and oxygen atoms in total. The van der Waals surface area contributed by atoms with E-state index in [-0.39, 0.29) is 5.91 Å². The second-order valence-electron chi connectivity index (χ2n) is 3.98. The number of carbonyl (C=O) groups excluding carboxylic acids is 1. The first-order chi connectivity index (χ1) is 9.22. The van der Waals surface area contributed by atoms with Gasteiger partial charge < -0.3 is 9.73 Å². The molecule has 0 spiro atoms. The van der Waals surface area contributed by atoms with Crippen LogP contribution < -0.4 is 5.32 Å². The summed E-state index contributed by atoms with van der Waals surface area (Å²) >= 11 is 3.39. The maximum Gasteiger partial charge on any atom is 0.275 e. The largest absolute Gasteiger partial charge is 0.461 e. The molecule has 94 valence electrons. The zero-order valence-electron chi connectivity index (χ0n) is 9.76. The number of amidine groups is 1. The van der Waals surface area contributed by atoms with Crippen LogP contribution in [0.1, 0.15) is 11.3 Å². The fourth-order valence-corrected chi connectivity index (χ4v) is 2.17. The summed E-state index contributed by atoms with van der Waals surface area (Å²) in [6.45, 7) is 0. The maximum absolute atomic E-state index is 11.8. The van der Waals surface area contributed by atoms with E-state index in [2.05, 4.69) is 26.2 Å². The Morgan fingerprint density at radius 1 is 1.26 bits per heavy atom. The van der Waals surface area contributed by atoms with Crippen LogP contribution in [0.5, 0.6) is 0 Å². The van der Waals surface area contributed by atoms with Crippen LogP contribution in [0.25, 0.3) is 6.08 Å². The predicted octanol–water partition coefficient (Wildman–Crippen LogP) is 2.96. The molecule has 0 aliphatic carbocycles. The molecule has 0 radical (unpaired) electrons. The number of nitrogens with one attached hydrogen (secondary N) is 1. The van der Waals surface area contributed by atoms with Crippen LogP contribution in [0.3, 0.4) is 0 Å². The molecule has 19 heavy (non-hydrogen) atoms. The Kier molecular flexibility index (Phi) is 3.05. The highest BCUT2D eigenvalue weighted by atomic mass is 79.9. The lowest BCUT2D eigenvalue weighted by atomic mass is 10.2. The molecule has 0 saturated carbocycles. The van der Waals surface area contributed by atoms with E-state index >= 15 is 0 Å². The van der Waals surface area contributed by atoms with Crippen molar-refractivity contribution in [1.82, 2.24) is 5.32 Å². The molecule has 1 amide bonds. The van der Waals surface area contributed by atoms with Gasteiger partial charge in [-0.15, -0.1) is 0 Å². The highest BCUT2D eigenvalue weighted by Crippen LogP contribution is 2.18. The number of carbonyl (C=O) groups is 1. The summed E-state index contributed by atoms with van der Waals surface area (Å²) in [5.74, 6) is 0.758. The third-order valence-electron chi connectivity index (χ3n) is 2.60. The molecule has 1 aliphatic rings. The van der Waals surface area contributed by atoms with Crippen molar-refractivity contribution in [1.29, 1.82) is 0 Å². The van der Waals surface area contributed by atoms with Crippen molar-refractivity contribution in [3.05, 3.63) is 64.2 Å². The highest BCUT2D eigenvalue weighted by molar-refractivity contribution is 9.10. The molecule has 0 fully saturated rings. The van der Waals surface area contributed by atoms with Crippen molar-refractivity contribution in [2.75, 3.05) is 0 Å². The SMILES string of the molecule is O=C1NC(c2ccco2)=N/C1=C\c1cccc(Br)c1. The van der Waals surface area contributed by atoms with E-state index in [1.165, 1.54) is 0 Å². The van der Waals surface area contributed by atoms with Gasteiger partial charge in [-0.2, -0.15) is 0 Å². The van der Waals surface area contributed by atoms with Gasteiger partial charge in [0.2, 0.25) is 0 Å². The molecule has 3 rings (SSSR count). The minimum atomic E-state index is -0.230. The Labute approximate surface area is 118 Å². The molecule has 0 unspecified atom stereocenters. The minimum Gasteiger partial charge on any atom is -0.461 e. The number of rotatable bonds is 2. The van der Waals surface area contributed by atoms with Crippen molar-refractivity contribution in [3.8, 4) is 0 Å². The fourth-order valence-electron chi connectivity index (χ4n) is 1.75. The molecule has 1 N–H and O–H groups in total. The van der Waals surface area contributed by atoms with Gasteiger partial charge in [-0.05, 0) is 35.9 Å². The summed E-state index contributed by atoms with van der Waals surface area (Å²) in [5.41, 5.74) is 1.27. The Bertz CT molecular complexity index is 687. The minimum absolute atomic E-state index is 0.230. The summed E-state index contributed by atoms with van der Waals surface area (Å²) in [7, 11) is 0. The Morgan fingerprint density at radius 3 is 2.89 bits per heavy atom. The number of benzene rings is 1. The summed E-state index contributed by atoms with van der Waals surface area (Å²) < 4.78 is 6.16. The fraction of sp³-hybridized carbons (Fsp3) is 0. The van der Waals surface area contributed by atoms with Crippen molar-refractivity contribution in [2.24, 2.45) is 4.99 Å². The van der Waals surface area contributed by atoms with Crippen LogP contribution in [-0.4, -0.2) is 11.7 Å². The number of aliphatic imine (C=N–C) groups is 1. The van der Waals surface area contributed by atoms with E-state index < -0.39 is 0 Å². The number of halogens is 1. The van der Waals surface area contributed by atoms with E-state index in [4.69, 9.17) is 4.42 Å². The third-order valence-corrected chi connectivity index (χ3v) is 3.10. The Balaban J connectivity index is 1.95. The first-order valence-electron chi connectivity index (χ1n) is 5.63. The van der Waals surface area contributed by atoms with Gasteiger partial charge in [0.15, 0.2) is 11.6 Å². The van der Waals surface area contributed by atoms with Gasteiger partial charge in [0.05, 0.1) is 6.26 Å². The zero-order chi connectivity index (χ0) is 13.2. The van der Waals surface area contributed by atoms with Crippen LogP contribution in [0.2, 0.25) is 0 Å². The van der Waals surface area contributed by atoms with Crippen molar-refractivity contribution in [3.63, 3.8) is 0 Å². The quantitative estimate of drug-likeness (QED) is 0.866. The molecule has 1 aromatic heterocycles. The van der Waals surface area contributed by atoms with Gasteiger partial charge in [-0.1, -0.05) is 28.1 Å². The highest BCUT2D eigenvalue weighted by Gasteiger charge is 2.22. The van der Waals surface area contributed by atoms with E-state index in [0.717, 1.165) is 10.0 Å². The van der Waals surface area contributed by atoms with Gasteiger partial charge >= 0.3 is 0 Å². The van der Waals surface area contributed by atoms with Crippen LogP contribution in [-0.2, 0) is 4.79 Å². The van der Waals surface area contributed by atoms with Gasteiger partial charge in [-0.25, -0.2) is 4.99 Å². The standard InChI is InChI=1S/C14H9BrN2O2/c15-10-4-1-3-9(7-10)8-11-14(18)17-13(16-11)12-5-2-6-19-12/h1-8H,(H,16,17,18)/b11-8-. The molecule has 2 heterocycles. The van der Waals surface area contributed by atoms with Gasteiger partial charge in [0, 0.05) is 4.47 Å². The average Bonchev–Trinajstić information content (AvgIpc) is 3.00. The average molecular weight is 317 g/mol. The molecule has 5 heteroatoms. The monoisotopic (exact) mass is 316 g/mol. The second kappa shape index (κ2) is 4.85. The van der Waals surface area contributed by atoms with Crippen LogP contribution in [0.4, 0.5) is 0 Å². The summed E-state index contributed by atoms with van der Waals surface area (Å²) in [6, 6.07) is 11.2. The smallest absolute Gasteiger partial charge is 0.275 e. The van der Waals surface area contributed by atoms with E-state index in [0.29, 0.717) is 17.3 Å². The predicted molar refractivity (Wildman–Crippen MR) is 75.5 cm³/mol. The van der Waals surface area contributed by atoms with E-state index in [1.54, 1.807) is 24.5 Å². The van der Waals surface area contributed by atoms with Crippen molar-refractivity contribution >= 4 is 33.7 Å². The molecular formula is C14H9BrN2O2. The molecule has 2 aromatic rings. The molecular weight excluding hydrogens is 308 g/mol. The van der Waals surface area contributed by atoms with Crippen LogP contribution in [0, 0.1) is 0 Å². The Hall–Kier alpha value is -2.14. The molecule has 1 aliphatic heterocycles. The van der Waals surface area contributed by atoms with Crippen molar-refractivity contribution in [2.45, 2.75) is 0 Å². The van der Waals surface area contributed by atoms with Crippen LogP contribution >= 0.6 is 15.9 Å². The summed E-state index contributed by atoms with van der Waals surface area (Å²) in [4.78, 5) is 16.1. The zero-order valence-corrected chi connectivity index (χ0v) is 11.3. The number of hydrogen-bond donors (Lipinski definition) is 1. The van der Waals surface area contributed by atoms with Gasteiger partial charge in [0.25, 0.3) is 5.91 Å². The Morgan fingerprint density at radius 2 is 2.16 bits per heavy atom. The van der Waals surface area contributed by atoms with Crippen molar-refractivity contribution < 1.29 is 9.21 Å². The number of amides is 1.